The maximum absolute atomic E-state index is 11.3. The van der Waals surface area contributed by atoms with Crippen LogP contribution in [0.3, 0.4) is 0 Å². The molecule has 0 saturated heterocycles. The highest BCUT2D eigenvalue weighted by Gasteiger charge is 2.08. The van der Waals surface area contributed by atoms with E-state index in [0.717, 1.165) is 22.0 Å². The SMILES string of the molecule is [O-][NH+](O)c1cccc2c(C=Nc3ccccc3)cccc12. The summed E-state index contributed by atoms with van der Waals surface area (Å²) in [5.41, 5.74) is 2.07. The van der Waals surface area contributed by atoms with Crippen molar-refractivity contribution < 1.29 is 10.4 Å². The molecule has 0 radical (unpaired) electrons. The van der Waals surface area contributed by atoms with Gasteiger partial charge in [-0.05, 0) is 23.6 Å². The van der Waals surface area contributed by atoms with E-state index in [0.29, 0.717) is 5.69 Å². The van der Waals surface area contributed by atoms with Gasteiger partial charge in [-0.2, -0.15) is 5.23 Å². The average molecular weight is 278 g/mol. The summed E-state index contributed by atoms with van der Waals surface area (Å²) in [6.07, 6.45) is 1.77. The van der Waals surface area contributed by atoms with Gasteiger partial charge in [0.25, 0.3) is 0 Å². The lowest BCUT2D eigenvalue weighted by molar-refractivity contribution is -0.990. The average Bonchev–Trinajstić information content (AvgIpc) is 2.53. The van der Waals surface area contributed by atoms with Crippen molar-refractivity contribution in [1.82, 2.24) is 0 Å². The molecule has 2 N–H and O–H groups in total. The fourth-order valence-corrected chi connectivity index (χ4v) is 2.29. The predicted octanol–water partition coefficient (Wildman–Crippen LogP) is 2.99. The Bertz CT molecular complexity index is 783. The molecule has 0 saturated carbocycles. The number of benzene rings is 3. The van der Waals surface area contributed by atoms with Gasteiger partial charge in [0, 0.05) is 23.2 Å². The topological polar surface area (TPSA) is 60.1 Å². The van der Waals surface area contributed by atoms with Crippen molar-refractivity contribution >= 4 is 28.4 Å². The van der Waals surface area contributed by atoms with Crippen molar-refractivity contribution in [3.8, 4) is 0 Å². The van der Waals surface area contributed by atoms with Gasteiger partial charge in [0.1, 0.15) is 0 Å². The first-order chi connectivity index (χ1) is 10.3. The lowest BCUT2D eigenvalue weighted by atomic mass is 10.0. The molecular formula is C17H14N2O2. The molecule has 3 aromatic carbocycles. The number of nitrogens with zero attached hydrogens (tertiary/aromatic N) is 1. The smallest absolute Gasteiger partial charge is 0.171 e. The number of hydrogen-bond acceptors (Lipinski definition) is 3. The third-order valence-corrected chi connectivity index (χ3v) is 3.30. The highest BCUT2D eigenvalue weighted by atomic mass is 16.8. The van der Waals surface area contributed by atoms with E-state index in [1.807, 2.05) is 54.6 Å². The predicted molar refractivity (Wildman–Crippen MR) is 83.4 cm³/mol. The fraction of sp³-hybridized carbons (Fsp3) is 0. The van der Waals surface area contributed by atoms with Crippen LogP contribution in [-0.4, -0.2) is 11.4 Å². The summed E-state index contributed by atoms with van der Waals surface area (Å²) >= 11 is 0. The van der Waals surface area contributed by atoms with Crippen molar-refractivity contribution in [2.45, 2.75) is 0 Å². The van der Waals surface area contributed by atoms with Crippen molar-refractivity contribution in [3.05, 3.63) is 77.5 Å². The third kappa shape index (κ3) is 2.83. The van der Waals surface area contributed by atoms with Crippen LogP contribution in [0.15, 0.2) is 71.7 Å². The van der Waals surface area contributed by atoms with Crippen LogP contribution < -0.4 is 5.23 Å². The molecule has 0 spiro atoms. The van der Waals surface area contributed by atoms with Crippen LogP contribution in [-0.2, 0) is 0 Å². The Hall–Kier alpha value is -2.53. The van der Waals surface area contributed by atoms with E-state index >= 15 is 0 Å². The number of hydrogen-bond donors (Lipinski definition) is 2. The van der Waals surface area contributed by atoms with E-state index in [1.54, 1.807) is 18.3 Å². The molecule has 0 bridgehead atoms. The molecule has 0 heterocycles. The molecule has 0 aliphatic carbocycles. The van der Waals surface area contributed by atoms with Gasteiger partial charge in [-0.3, -0.25) is 4.99 Å². The fourth-order valence-electron chi connectivity index (χ4n) is 2.29. The molecule has 0 aliphatic rings. The van der Waals surface area contributed by atoms with E-state index < -0.39 is 5.23 Å². The summed E-state index contributed by atoms with van der Waals surface area (Å²) in [7, 11) is 0. The van der Waals surface area contributed by atoms with Gasteiger partial charge in [0.2, 0.25) is 0 Å². The van der Waals surface area contributed by atoms with E-state index in [2.05, 4.69) is 4.99 Å². The number of para-hydroxylation sites is 1. The zero-order chi connectivity index (χ0) is 14.7. The molecule has 4 heteroatoms. The molecule has 21 heavy (non-hydrogen) atoms. The summed E-state index contributed by atoms with van der Waals surface area (Å²) in [5, 5.41) is 21.2. The van der Waals surface area contributed by atoms with Crippen LogP contribution in [0.25, 0.3) is 10.8 Å². The van der Waals surface area contributed by atoms with Crippen molar-refractivity contribution in [2.75, 3.05) is 0 Å². The second kappa shape index (κ2) is 5.85. The number of quaternary nitrogens is 1. The molecule has 0 fully saturated rings. The van der Waals surface area contributed by atoms with Gasteiger partial charge in [-0.15, -0.1) is 0 Å². The molecule has 3 rings (SSSR count). The monoisotopic (exact) mass is 278 g/mol. The molecule has 0 aliphatic heterocycles. The lowest BCUT2D eigenvalue weighted by Crippen LogP contribution is -2.99. The first kappa shape index (κ1) is 13.5. The molecule has 4 nitrogen and oxygen atoms in total. The number of nitrogens with one attached hydrogen (secondary N) is 1. The van der Waals surface area contributed by atoms with Crippen LogP contribution >= 0.6 is 0 Å². The van der Waals surface area contributed by atoms with Gasteiger partial charge in [-0.1, -0.05) is 42.5 Å². The maximum Gasteiger partial charge on any atom is 0.171 e. The van der Waals surface area contributed by atoms with E-state index in [4.69, 9.17) is 0 Å². The van der Waals surface area contributed by atoms with E-state index in [9.17, 15) is 10.4 Å². The standard InChI is InChI=1S/C17H14N2O2/c20-19(21)17-11-5-9-15-13(6-4-10-16(15)17)12-18-14-7-2-1-3-8-14/h1-12,19-20H. The first-order valence-corrected chi connectivity index (χ1v) is 6.60. The van der Waals surface area contributed by atoms with Crippen LogP contribution in [0.5, 0.6) is 0 Å². The highest BCUT2D eigenvalue weighted by molar-refractivity contribution is 6.03. The number of fused-ring (bicyclic) bond motifs is 1. The van der Waals surface area contributed by atoms with Crippen LogP contribution in [0.2, 0.25) is 0 Å². The van der Waals surface area contributed by atoms with Gasteiger partial charge in [-0.25, -0.2) is 5.21 Å². The Morgan fingerprint density at radius 1 is 0.857 bits per heavy atom. The molecular weight excluding hydrogens is 264 g/mol. The van der Waals surface area contributed by atoms with E-state index in [-0.39, 0.29) is 0 Å². The highest BCUT2D eigenvalue weighted by Crippen LogP contribution is 2.23. The zero-order valence-corrected chi connectivity index (χ0v) is 11.2. The van der Waals surface area contributed by atoms with Crippen molar-refractivity contribution in [3.63, 3.8) is 0 Å². The largest absolute Gasteiger partial charge is 0.595 e. The minimum Gasteiger partial charge on any atom is -0.595 e. The minimum atomic E-state index is -0.919. The van der Waals surface area contributed by atoms with Crippen molar-refractivity contribution in [2.24, 2.45) is 4.99 Å². The van der Waals surface area contributed by atoms with Gasteiger partial charge in [0.05, 0.1) is 5.69 Å². The summed E-state index contributed by atoms with van der Waals surface area (Å²) in [6.45, 7) is 0. The first-order valence-electron chi connectivity index (χ1n) is 6.60. The molecule has 1 atom stereocenters. The normalized spacial score (nSPS) is 12.9. The van der Waals surface area contributed by atoms with Crippen molar-refractivity contribution in [1.29, 1.82) is 0 Å². The summed E-state index contributed by atoms with van der Waals surface area (Å²) in [6, 6.07) is 20.5. The maximum atomic E-state index is 11.3. The Balaban J connectivity index is 2.08. The third-order valence-electron chi connectivity index (χ3n) is 3.30. The quantitative estimate of drug-likeness (QED) is 0.571. The van der Waals surface area contributed by atoms with Gasteiger partial charge in [0.15, 0.2) is 5.69 Å². The van der Waals surface area contributed by atoms with Crippen LogP contribution in [0, 0.1) is 5.21 Å². The lowest BCUT2D eigenvalue weighted by Gasteiger charge is -2.14. The Morgan fingerprint density at radius 3 is 2.33 bits per heavy atom. The number of aliphatic imine (C=N–C) groups is 1. The molecule has 0 aromatic heterocycles. The Morgan fingerprint density at radius 2 is 1.57 bits per heavy atom. The second-order valence-corrected chi connectivity index (χ2v) is 4.65. The number of rotatable bonds is 3. The van der Waals surface area contributed by atoms with Gasteiger partial charge < -0.3 is 5.21 Å². The Labute approximate surface area is 122 Å². The molecule has 0 amide bonds. The van der Waals surface area contributed by atoms with Gasteiger partial charge >= 0.3 is 0 Å². The summed E-state index contributed by atoms with van der Waals surface area (Å²) in [5.74, 6) is 0. The molecule has 3 aromatic rings. The minimum absolute atomic E-state index is 0.308. The summed E-state index contributed by atoms with van der Waals surface area (Å²) < 4.78 is 0. The van der Waals surface area contributed by atoms with E-state index in [1.165, 1.54) is 0 Å². The second-order valence-electron chi connectivity index (χ2n) is 4.65. The van der Waals surface area contributed by atoms with Crippen LogP contribution in [0.1, 0.15) is 5.56 Å². The summed E-state index contributed by atoms with van der Waals surface area (Å²) in [4.78, 5) is 4.43. The molecule has 104 valence electrons. The zero-order valence-electron chi connectivity index (χ0n) is 11.2. The molecule has 1 unspecified atom stereocenters. The Kier molecular flexibility index (Phi) is 3.75. The van der Waals surface area contributed by atoms with Crippen LogP contribution in [0.4, 0.5) is 11.4 Å².